The molecule has 1 aromatic rings. The second-order valence-electron chi connectivity index (χ2n) is 4.86. The highest BCUT2D eigenvalue weighted by atomic mass is 16.2. The SMILES string of the molecule is CCCNC(=O)C(C)Nc1nc(NCC)nc(N(C)C)n1. The van der Waals surface area contributed by atoms with E-state index in [2.05, 4.69) is 30.9 Å². The fourth-order valence-corrected chi connectivity index (χ4v) is 1.53. The molecule has 0 aromatic carbocycles. The maximum Gasteiger partial charge on any atom is 0.242 e. The number of rotatable bonds is 8. The van der Waals surface area contributed by atoms with E-state index in [9.17, 15) is 4.79 Å². The van der Waals surface area contributed by atoms with Crippen molar-refractivity contribution in [3.05, 3.63) is 0 Å². The van der Waals surface area contributed by atoms with Crippen molar-refractivity contribution in [2.45, 2.75) is 33.2 Å². The topological polar surface area (TPSA) is 95.1 Å². The van der Waals surface area contributed by atoms with Crippen molar-refractivity contribution in [1.82, 2.24) is 20.3 Å². The smallest absolute Gasteiger partial charge is 0.242 e. The van der Waals surface area contributed by atoms with Crippen LogP contribution in [0, 0.1) is 0 Å². The van der Waals surface area contributed by atoms with E-state index < -0.39 is 6.04 Å². The molecule has 1 heterocycles. The maximum absolute atomic E-state index is 11.9. The summed E-state index contributed by atoms with van der Waals surface area (Å²) in [6.45, 7) is 7.12. The van der Waals surface area contributed by atoms with E-state index in [-0.39, 0.29) is 5.91 Å². The predicted molar refractivity (Wildman–Crippen MR) is 84.7 cm³/mol. The van der Waals surface area contributed by atoms with Gasteiger partial charge in [-0.1, -0.05) is 6.92 Å². The fourth-order valence-electron chi connectivity index (χ4n) is 1.53. The molecule has 0 bridgehead atoms. The number of carbonyl (C=O) groups is 1. The zero-order valence-electron chi connectivity index (χ0n) is 13.4. The minimum Gasteiger partial charge on any atom is -0.354 e. The first-order valence-electron chi connectivity index (χ1n) is 7.19. The molecule has 1 rings (SSSR count). The lowest BCUT2D eigenvalue weighted by atomic mass is 10.3. The molecular formula is C13H25N7O. The zero-order chi connectivity index (χ0) is 15.8. The second kappa shape index (κ2) is 8.23. The molecule has 8 heteroatoms. The Balaban J connectivity index is 2.83. The molecule has 0 aliphatic heterocycles. The maximum atomic E-state index is 11.9. The Morgan fingerprint density at radius 1 is 1.19 bits per heavy atom. The molecule has 1 aromatic heterocycles. The number of anilines is 3. The van der Waals surface area contributed by atoms with Crippen LogP contribution < -0.4 is 20.9 Å². The lowest BCUT2D eigenvalue weighted by Gasteiger charge is -2.16. The molecule has 0 radical (unpaired) electrons. The number of aromatic nitrogens is 3. The van der Waals surface area contributed by atoms with Crippen LogP contribution in [0.25, 0.3) is 0 Å². The summed E-state index contributed by atoms with van der Waals surface area (Å²) in [4.78, 5) is 26.5. The summed E-state index contributed by atoms with van der Waals surface area (Å²) in [5.74, 6) is 1.32. The second-order valence-corrected chi connectivity index (χ2v) is 4.86. The molecule has 0 saturated carbocycles. The molecule has 21 heavy (non-hydrogen) atoms. The van der Waals surface area contributed by atoms with Crippen molar-refractivity contribution >= 4 is 23.8 Å². The largest absolute Gasteiger partial charge is 0.354 e. The van der Waals surface area contributed by atoms with Gasteiger partial charge in [0, 0.05) is 27.2 Å². The summed E-state index contributed by atoms with van der Waals surface area (Å²) in [6, 6.07) is -0.413. The average molecular weight is 295 g/mol. The quantitative estimate of drug-likeness (QED) is 0.649. The van der Waals surface area contributed by atoms with Gasteiger partial charge < -0.3 is 20.9 Å². The monoisotopic (exact) mass is 295 g/mol. The van der Waals surface area contributed by atoms with Gasteiger partial charge in [-0.15, -0.1) is 0 Å². The number of hydrogen-bond donors (Lipinski definition) is 3. The number of nitrogens with zero attached hydrogens (tertiary/aromatic N) is 4. The molecule has 1 atom stereocenters. The van der Waals surface area contributed by atoms with Crippen molar-refractivity contribution < 1.29 is 4.79 Å². The molecule has 1 amide bonds. The summed E-state index contributed by atoms with van der Waals surface area (Å²) in [5, 5.41) is 8.89. The Morgan fingerprint density at radius 3 is 2.43 bits per heavy atom. The lowest BCUT2D eigenvalue weighted by Crippen LogP contribution is -2.38. The molecule has 118 valence electrons. The van der Waals surface area contributed by atoms with E-state index in [0.29, 0.717) is 30.9 Å². The number of hydrogen-bond acceptors (Lipinski definition) is 7. The van der Waals surface area contributed by atoms with Crippen molar-refractivity contribution in [2.75, 3.05) is 42.7 Å². The third kappa shape index (κ3) is 5.41. The minimum atomic E-state index is -0.413. The van der Waals surface area contributed by atoms with Crippen LogP contribution in [0.4, 0.5) is 17.8 Å². The Bertz CT molecular complexity index is 464. The fraction of sp³-hybridized carbons (Fsp3) is 0.692. The first-order chi connectivity index (χ1) is 9.97. The molecule has 0 aliphatic rings. The van der Waals surface area contributed by atoms with Crippen molar-refractivity contribution in [3.8, 4) is 0 Å². The normalized spacial score (nSPS) is 11.7. The van der Waals surface area contributed by atoms with Gasteiger partial charge in [-0.05, 0) is 20.3 Å². The summed E-state index contributed by atoms with van der Waals surface area (Å²) in [6.07, 6.45) is 0.902. The van der Waals surface area contributed by atoms with Crippen LogP contribution in [-0.4, -0.2) is 54.1 Å². The van der Waals surface area contributed by atoms with Gasteiger partial charge in [-0.2, -0.15) is 15.0 Å². The summed E-state index contributed by atoms with van der Waals surface area (Å²) < 4.78 is 0. The lowest BCUT2D eigenvalue weighted by molar-refractivity contribution is -0.121. The van der Waals surface area contributed by atoms with Gasteiger partial charge in [0.25, 0.3) is 0 Å². The van der Waals surface area contributed by atoms with Crippen LogP contribution >= 0.6 is 0 Å². The molecule has 8 nitrogen and oxygen atoms in total. The number of amides is 1. The third-order valence-corrected chi connectivity index (χ3v) is 2.65. The highest BCUT2D eigenvalue weighted by molar-refractivity contribution is 5.83. The van der Waals surface area contributed by atoms with Crippen LogP contribution in [0.2, 0.25) is 0 Å². The van der Waals surface area contributed by atoms with E-state index >= 15 is 0 Å². The highest BCUT2D eigenvalue weighted by Crippen LogP contribution is 2.12. The van der Waals surface area contributed by atoms with Crippen LogP contribution in [-0.2, 0) is 4.79 Å². The highest BCUT2D eigenvalue weighted by Gasteiger charge is 2.15. The standard InChI is InChI=1S/C13H25N7O/c1-6-8-15-10(21)9(3)16-12-17-11(14-7-2)18-13(19-12)20(4)5/h9H,6-8H2,1-5H3,(H,15,21)(H2,14,16,17,18,19). The summed E-state index contributed by atoms with van der Waals surface area (Å²) in [5.41, 5.74) is 0. The van der Waals surface area contributed by atoms with Crippen molar-refractivity contribution in [3.63, 3.8) is 0 Å². The van der Waals surface area contributed by atoms with Gasteiger partial charge in [0.1, 0.15) is 6.04 Å². The van der Waals surface area contributed by atoms with Gasteiger partial charge in [-0.25, -0.2) is 0 Å². The average Bonchev–Trinajstić information content (AvgIpc) is 2.44. The number of carbonyl (C=O) groups excluding carboxylic acids is 1. The van der Waals surface area contributed by atoms with Gasteiger partial charge in [0.05, 0.1) is 0 Å². The zero-order valence-corrected chi connectivity index (χ0v) is 13.4. The van der Waals surface area contributed by atoms with Crippen molar-refractivity contribution in [1.29, 1.82) is 0 Å². The van der Waals surface area contributed by atoms with Gasteiger partial charge in [0.15, 0.2) is 0 Å². The molecule has 3 N–H and O–H groups in total. The van der Waals surface area contributed by atoms with E-state index in [1.165, 1.54) is 0 Å². The van der Waals surface area contributed by atoms with Crippen LogP contribution in [0.15, 0.2) is 0 Å². The summed E-state index contributed by atoms with van der Waals surface area (Å²) >= 11 is 0. The Labute approximate surface area is 125 Å². The molecule has 0 saturated heterocycles. The summed E-state index contributed by atoms with van der Waals surface area (Å²) in [7, 11) is 3.71. The molecule has 0 fully saturated rings. The molecule has 0 aliphatic carbocycles. The van der Waals surface area contributed by atoms with Gasteiger partial charge in [0.2, 0.25) is 23.8 Å². The molecular weight excluding hydrogens is 270 g/mol. The van der Waals surface area contributed by atoms with E-state index in [0.717, 1.165) is 6.42 Å². The third-order valence-electron chi connectivity index (χ3n) is 2.65. The van der Waals surface area contributed by atoms with E-state index in [4.69, 9.17) is 0 Å². The minimum absolute atomic E-state index is 0.0753. The first-order valence-corrected chi connectivity index (χ1v) is 7.19. The van der Waals surface area contributed by atoms with Crippen LogP contribution in [0.1, 0.15) is 27.2 Å². The Morgan fingerprint density at radius 2 is 1.86 bits per heavy atom. The van der Waals surface area contributed by atoms with Crippen LogP contribution in [0.3, 0.4) is 0 Å². The predicted octanol–water partition coefficient (Wildman–Crippen LogP) is 0.696. The molecule has 0 spiro atoms. The van der Waals surface area contributed by atoms with Gasteiger partial charge in [-0.3, -0.25) is 4.79 Å². The van der Waals surface area contributed by atoms with E-state index in [1.807, 2.05) is 27.9 Å². The Kier molecular flexibility index (Phi) is 6.64. The number of nitrogens with one attached hydrogen (secondary N) is 3. The first kappa shape index (κ1) is 16.9. The van der Waals surface area contributed by atoms with Crippen molar-refractivity contribution in [2.24, 2.45) is 0 Å². The van der Waals surface area contributed by atoms with E-state index in [1.54, 1.807) is 11.8 Å². The van der Waals surface area contributed by atoms with Crippen LogP contribution in [0.5, 0.6) is 0 Å². The molecule has 1 unspecified atom stereocenters. The van der Waals surface area contributed by atoms with Gasteiger partial charge >= 0.3 is 0 Å². The Hall–Kier alpha value is -2.12.